The Morgan fingerprint density at radius 2 is 1.92 bits per heavy atom. The number of rotatable bonds is 6. The lowest BCUT2D eigenvalue weighted by molar-refractivity contribution is -0.126. The summed E-state index contributed by atoms with van der Waals surface area (Å²) in [4.78, 5) is 12.4. The Labute approximate surface area is 149 Å². The van der Waals surface area contributed by atoms with Crippen molar-refractivity contribution < 1.29 is 18.3 Å². The molecule has 1 saturated heterocycles. The molecule has 0 aromatic heterocycles. The van der Waals surface area contributed by atoms with Crippen LogP contribution in [0.25, 0.3) is 0 Å². The van der Waals surface area contributed by atoms with Gasteiger partial charge in [0.1, 0.15) is 0 Å². The monoisotopic (exact) mass is 366 g/mol. The minimum Gasteiger partial charge on any atom is -0.396 e. The van der Waals surface area contributed by atoms with E-state index < -0.39 is 10.0 Å². The van der Waals surface area contributed by atoms with Crippen molar-refractivity contribution in [3.63, 3.8) is 0 Å². The van der Waals surface area contributed by atoms with E-state index >= 15 is 0 Å². The number of hydrogen-bond acceptors (Lipinski definition) is 4. The van der Waals surface area contributed by atoms with E-state index in [1.807, 2.05) is 12.1 Å². The summed E-state index contributed by atoms with van der Waals surface area (Å²) in [6.07, 6.45) is 4.69. The summed E-state index contributed by atoms with van der Waals surface area (Å²) in [5, 5.41) is 11.6. The Morgan fingerprint density at radius 1 is 1.20 bits per heavy atom. The molecule has 7 heteroatoms. The zero-order chi connectivity index (χ0) is 17.9. The minimum absolute atomic E-state index is 0.0389. The van der Waals surface area contributed by atoms with Crippen LogP contribution in [0.3, 0.4) is 0 Å². The van der Waals surface area contributed by atoms with E-state index in [2.05, 4.69) is 5.32 Å². The molecule has 2 aliphatic rings. The summed E-state index contributed by atoms with van der Waals surface area (Å²) < 4.78 is 27.2. The van der Waals surface area contributed by atoms with Crippen LogP contribution in [0, 0.1) is 5.92 Å². The number of carbonyl (C=O) groups excluding carboxylic acids is 1. The van der Waals surface area contributed by atoms with Gasteiger partial charge in [-0.05, 0) is 61.8 Å². The summed E-state index contributed by atoms with van der Waals surface area (Å²) in [5.41, 5.74) is 2.41. The van der Waals surface area contributed by atoms with Gasteiger partial charge in [0.05, 0.1) is 4.90 Å². The van der Waals surface area contributed by atoms with E-state index in [9.17, 15) is 13.2 Å². The molecule has 2 N–H and O–H groups in total. The highest BCUT2D eigenvalue weighted by Crippen LogP contribution is 2.28. The van der Waals surface area contributed by atoms with Crippen LogP contribution < -0.4 is 5.32 Å². The summed E-state index contributed by atoms with van der Waals surface area (Å²) in [6.45, 7) is 1.26. The highest BCUT2D eigenvalue weighted by Gasteiger charge is 2.32. The number of hydrogen-bond donors (Lipinski definition) is 2. The predicted molar refractivity (Wildman–Crippen MR) is 94.7 cm³/mol. The molecule has 1 heterocycles. The third-order valence-corrected chi connectivity index (χ3v) is 7.06. The van der Waals surface area contributed by atoms with Crippen LogP contribution in [0.1, 0.15) is 36.8 Å². The number of aryl methyl sites for hydroxylation is 2. The van der Waals surface area contributed by atoms with Gasteiger partial charge >= 0.3 is 0 Å². The predicted octanol–water partition coefficient (Wildman–Crippen LogP) is 1.07. The van der Waals surface area contributed by atoms with Gasteiger partial charge in [-0.15, -0.1) is 0 Å². The number of sulfonamides is 1. The lowest BCUT2D eigenvalue weighted by Crippen LogP contribution is -2.43. The molecule has 138 valence electrons. The molecular formula is C18H26N2O4S. The standard InChI is InChI=1S/C18H26N2O4S/c21-12-2-9-19-18(22)15-7-10-20(11-8-15)25(23,24)17-6-5-14-3-1-4-16(14)13-17/h5-6,13,15,21H,1-4,7-12H2,(H,19,22). The average molecular weight is 366 g/mol. The van der Waals surface area contributed by atoms with Gasteiger partial charge in [-0.2, -0.15) is 4.31 Å². The van der Waals surface area contributed by atoms with E-state index in [1.165, 1.54) is 9.87 Å². The molecule has 1 aromatic carbocycles. The minimum atomic E-state index is -3.49. The first-order chi connectivity index (χ1) is 12.0. The van der Waals surface area contributed by atoms with Crippen molar-refractivity contribution in [3.8, 4) is 0 Å². The number of aliphatic hydroxyl groups is 1. The van der Waals surface area contributed by atoms with Gasteiger partial charge in [-0.1, -0.05) is 6.07 Å². The van der Waals surface area contributed by atoms with E-state index in [0.717, 1.165) is 24.8 Å². The van der Waals surface area contributed by atoms with Gasteiger partial charge in [0.25, 0.3) is 0 Å². The smallest absolute Gasteiger partial charge is 0.243 e. The molecule has 1 fully saturated rings. The summed E-state index contributed by atoms with van der Waals surface area (Å²) >= 11 is 0. The summed E-state index contributed by atoms with van der Waals surface area (Å²) in [5.74, 6) is -0.187. The molecule has 0 bridgehead atoms. The zero-order valence-corrected chi connectivity index (χ0v) is 15.2. The molecule has 0 atom stereocenters. The lowest BCUT2D eigenvalue weighted by Gasteiger charge is -2.30. The normalized spacial score (nSPS) is 18.9. The highest BCUT2D eigenvalue weighted by molar-refractivity contribution is 7.89. The van der Waals surface area contributed by atoms with Crippen molar-refractivity contribution in [1.29, 1.82) is 0 Å². The number of fused-ring (bicyclic) bond motifs is 1. The van der Waals surface area contributed by atoms with Crippen LogP contribution in [0.5, 0.6) is 0 Å². The molecule has 6 nitrogen and oxygen atoms in total. The van der Waals surface area contributed by atoms with E-state index in [-0.39, 0.29) is 18.4 Å². The molecule has 1 aromatic rings. The maximum Gasteiger partial charge on any atom is 0.243 e. The van der Waals surface area contributed by atoms with Crippen LogP contribution in [-0.4, -0.2) is 50.0 Å². The van der Waals surface area contributed by atoms with Crippen LogP contribution in [0.4, 0.5) is 0 Å². The second kappa shape index (κ2) is 7.85. The van der Waals surface area contributed by atoms with Crippen molar-refractivity contribution in [2.75, 3.05) is 26.2 Å². The largest absolute Gasteiger partial charge is 0.396 e. The number of nitrogens with one attached hydrogen (secondary N) is 1. The third-order valence-electron chi connectivity index (χ3n) is 5.17. The molecule has 25 heavy (non-hydrogen) atoms. The number of benzene rings is 1. The molecule has 1 amide bonds. The molecule has 0 spiro atoms. The van der Waals surface area contributed by atoms with Crippen LogP contribution in [-0.2, 0) is 27.7 Å². The molecule has 3 rings (SSSR count). The van der Waals surface area contributed by atoms with Gasteiger partial charge in [-0.3, -0.25) is 4.79 Å². The molecule has 0 saturated carbocycles. The highest BCUT2D eigenvalue weighted by atomic mass is 32.2. The fraction of sp³-hybridized carbons (Fsp3) is 0.611. The number of piperidine rings is 1. The van der Waals surface area contributed by atoms with Crippen LogP contribution in [0.15, 0.2) is 23.1 Å². The number of aliphatic hydroxyl groups excluding tert-OH is 1. The molecule has 1 aliphatic heterocycles. The second-order valence-electron chi connectivity index (χ2n) is 6.83. The maximum atomic E-state index is 12.9. The number of carbonyl (C=O) groups is 1. The van der Waals surface area contributed by atoms with Crippen molar-refractivity contribution >= 4 is 15.9 Å². The van der Waals surface area contributed by atoms with Gasteiger partial charge in [0.2, 0.25) is 15.9 Å². The van der Waals surface area contributed by atoms with Crippen molar-refractivity contribution in [2.24, 2.45) is 5.92 Å². The van der Waals surface area contributed by atoms with Crippen LogP contribution in [0.2, 0.25) is 0 Å². The molecule has 0 unspecified atom stereocenters. The topological polar surface area (TPSA) is 86.7 Å². The SMILES string of the molecule is O=C(NCCCO)C1CCN(S(=O)(=O)c2ccc3c(c2)CCC3)CC1. The first-order valence-corrected chi connectivity index (χ1v) is 10.5. The number of nitrogens with zero attached hydrogens (tertiary/aromatic N) is 1. The maximum absolute atomic E-state index is 12.9. The van der Waals surface area contributed by atoms with E-state index in [1.54, 1.807) is 6.07 Å². The Morgan fingerprint density at radius 3 is 2.64 bits per heavy atom. The Balaban J connectivity index is 1.61. The van der Waals surface area contributed by atoms with Crippen molar-refractivity contribution in [2.45, 2.75) is 43.4 Å². The first kappa shape index (κ1) is 18.4. The van der Waals surface area contributed by atoms with Gasteiger partial charge in [0.15, 0.2) is 0 Å². The fourth-order valence-corrected chi connectivity index (χ4v) is 5.17. The average Bonchev–Trinajstić information content (AvgIpc) is 3.09. The van der Waals surface area contributed by atoms with Gasteiger partial charge < -0.3 is 10.4 Å². The van der Waals surface area contributed by atoms with Gasteiger partial charge in [-0.25, -0.2) is 8.42 Å². The zero-order valence-electron chi connectivity index (χ0n) is 14.4. The Kier molecular flexibility index (Phi) is 5.76. The Bertz CT molecular complexity index is 725. The lowest BCUT2D eigenvalue weighted by atomic mass is 9.97. The van der Waals surface area contributed by atoms with E-state index in [4.69, 9.17) is 5.11 Å². The summed E-state index contributed by atoms with van der Waals surface area (Å²) in [6, 6.07) is 5.48. The fourth-order valence-electron chi connectivity index (χ4n) is 3.65. The van der Waals surface area contributed by atoms with Crippen LogP contribution >= 0.6 is 0 Å². The summed E-state index contributed by atoms with van der Waals surface area (Å²) in [7, 11) is -3.49. The van der Waals surface area contributed by atoms with Gasteiger partial charge in [0, 0.05) is 32.2 Å². The number of amides is 1. The third kappa shape index (κ3) is 4.04. The molecule has 1 aliphatic carbocycles. The Hall–Kier alpha value is -1.44. The van der Waals surface area contributed by atoms with E-state index in [0.29, 0.717) is 43.8 Å². The quantitative estimate of drug-likeness (QED) is 0.738. The first-order valence-electron chi connectivity index (χ1n) is 9.03. The molecule has 0 radical (unpaired) electrons. The van der Waals surface area contributed by atoms with Crippen molar-refractivity contribution in [3.05, 3.63) is 29.3 Å². The second-order valence-corrected chi connectivity index (χ2v) is 8.77. The molecular weight excluding hydrogens is 340 g/mol. The van der Waals surface area contributed by atoms with Crippen molar-refractivity contribution in [1.82, 2.24) is 9.62 Å².